The van der Waals surface area contributed by atoms with Gasteiger partial charge in [0.05, 0.1) is 0 Å². The van der Waals surface area contributed by atoms with Crippen LogP contribution in [0.25, 0.3) is 0 Å². The molecule has 84 valence electrons. The lowest BCUT2D eigenvalue weighted by Crippen LogP contribution is -2.40. The molecule has 1 aliphatic rings. The van der Waals surface area contributed by atoms with E-state index in [0.29, 0.717) is 0 Å². The second-order valence-electron chi connectivity index (χ2n) is 4.78. The summed E-state index contributed by atoms with van der Waals surface area (Å²) in [5.41, 5.74) is 0. The lowest BCUT2D eigenvalue weighted by Gasteiger charge is -2.27. The van der Waals surface area contributed by atoms with Crippen LogP contribution in [0.5, 0.6) is 0 Å². The highest BCUT2D eigenvalue weighted by atomic mass is 15.2. The van der Waals surface area contributed by atoms with E-state index in [0.717, 1.165) is 31.0 Å². The molecule has 0 aromatic rings. The van der Waals surface area contributed by atoms with Crippen LogP contribution in [-0.2, 0) is 0 Å². The molecule has 1 rings (SSSR count). The fourth-order valence-corrected chi connectivity index (χ4v) is 2.10. The predicted octanol–water partition coefficient (Wildman–Crippen LogP) is 1.96. The zero-order chi connectivity index (χ0) is 10.6. The first kappa shape index (κ1) is 12.0. The van der Waals surface area contributed by atoms with Crippen molar-refractivity contribution in [3.63, 3.8) is 0 Å². The molecule has 0 radical (unpaired) electrons. The smallest absolute Gasteiger partial charge is 0.0215 e. The molecule has 1 aliphatic carbocycles. The number of nitrogens with zero attached hydrogens (tertiary/aromatic N) is 1. The van der Waals surface area contributed by atoms with Gasteiger partial charge < -0.3 is 10.2 Å². The Kier molecular flexibility index (Phi) is 4.90. The van der Waals surface area contributed by atoms with Crippen molar-refractivity contribution >= 4 is 0 Å². The number of rotatable bonds is 7. The second-order valence-corrected chi connectivity index (χ2v) is 4.78. The standard InChI is InChI=1S/C12H26N2/c1-5-12(8-13-6-2)14(4)9-11-7-10(11)3/h10-13H,5-9H2,1-4H3. The van der Waals surface area contributed by atoms with Gasteiger partial charge in [-0.25, -0.2) is 0 Å². The van der Waals surface area contributed by atoms with E-state index in [1.807, 2.05) is 0 Å². The SMILES string of the molecule is CCNCC(CC)N(C)CC1CC1C. The van der Waals surface area contributed by atoms with Crippen LogP contribution < -0.4 is 5.32 Å². The van der Waals surface area contributed by atoms with Crippen molar-refractivity contribution in [1.82, 2.24) is 10.2 Å². The summed E-state index contributed by atoms with van der Waals surface area (Å²) in [6.07, 6.45) is 2.70. The molecule has 1 fully saturated rings. The van der Waals surface area contributed by atoms with Crippen LogP contribution in [-0.4, -0.2) is 37.6 Å². The minimum Gasteiger partial charge on any atom is -0.315 e. The number of hydrogen-bond donors (Lipinski definition) is 1. The molecule has 2 heteroatoms. The van der Waals surface area contributed by atoms with E-state index in [4.69, 9.17) is 0 Å². The van der Waals surface area contributed by atoms with Crippen molar-refractivity contribution in [2.45, 2.75) is 39.7 Å². The van der Waals surface area contributed by atoms with E-state index in [1.54, 1.807) is 0 Å². The third-order valence-electron chi connectivity index (χ3n) is 3.52. The van der Waals surface area contributed by atoms with Crippen molar-refractivity contribution < 1.29 is 0 Å². The first-order valence-corrected chi connectivity index (χ1v) is 6.09. The van der Waals surface area contributed by atoms with Crippen LogP contribution in [0.4, 0.5) is 0 Å². The molecular weight excluding hydrogens is 172 g/mol. The van der Waals surface area contributed by atoms with Crippen LogP contribution in [0, 0.1) is 11.8 Å². The maximum atomic E-state index is 3.44. The third-order valence-corrected chi connectivity index (χ3v) is 3.52. The Hall–Kier alpha value is -0.0800. The van der Waals surface area contributed by atoms with E-state index in [9.17, 15) is 0 Å². The van der Waals surface area contributed by atoms with Gasteiger partial charge in [0.2, 0.25) is 0 Å². The van der Waals surface area contributed by atoms with Gasteiger partial charge in [-0.2, -0.15) is 0 Å². The fraction of sp³-hybridized carbons (Fsp3) is 1.00. The van der Waals surface area contributed by atoms with E-state index in [-0.39, 0.29) is 0 Å². The van der Waals surface area contributed by atoms with Gasteiger partial charge in [-0.15, -0.1) is 0 Å². The number of likely N-dealkylation sites (N-methyl/N-ethyl adjacent to an activating group) is 2. The van der Waals surface area contributed by atoms with Gasteiger partial charge in [0.25, 0.3) is 0 Å². The molecule has 0 heterocycles. The zero-order valence-electron chi connectivity index (χ0n) is 10.2. The molecule has 0 aromatic heterocycles. The first-order valence-electron chi connectivity index (χ1n) is 6.09. The molecule has 0 saturated heterocycles. The lowest BCUT2D eigenvalue weighted by molar-refractivity contribution is 0.219. The Bertz CT molecular complexity index is 158. The third kappa shape index (κ3) is 3.58. The molecule has 0 bridgehead atoms. The molecule has 0 aromatic carbocycles. The highest BCUT2D eigenvalue weighted by Gasteiger charge is 2.34. The first-order chi connectivity index (χ1) is 6.69. The molecule has 0 spiro atoms. The van der Waals surface area contributed by atoms with Gasteiger partial charge in [-0.3, -0.25) is 0 Å². The van der Waals surface area contributed by atoms with E-state index in [2.05, 4.69) is 38.0 Å². The maximum Gasteiger partial charge on any atom is 0.0215 e. The monoisotopic (exact) mass is 198 g/mol. The number of hydrogen-bond acceptors (Lipinski definition) is 2. The second kappa shape index (κ2) is 5.72. The molecule has 1 N–H and O–H groups in total. The van der Waals surface area contributed by atoms with Crippen molar-refractivity contribution in [2.24, 2.45) is 11.8 Å². The maximum absolute atomic E-state index is 3.44. The molecule has 14 heavy (non-hydrogen) atoms. The summed E-state index contributed by atoms with van der Waals surface area (Å²) in [7, 11) is 2.27. The van der Waals surface area contributed by atoms with Crippen LogP contribution >= 0.6 is 0 Å². The van der Waals surface area contributed by atoms with Crippen LogP contribution in [0.3, 0.4) is 0 Å². The Morgan fingerprint density at radius 3 is 2.50 bits per heavy atom. The molecule has 0 aliphatic heterocycles. The summed E-state index contributed by atoms with van der Waals surface area (Å²) in [6, 6.07) is 0.725. The van der Waals surface area contributed by atoms with Gasteiger partial charge in [0.1, 0.15) is 0 Å². The van der Waals surface area contributed by atoms with Crippen LogP contribution in [0.2, 0.25) is 0 Å². The fourth-order valence-electron chi connectivity index (χ4n) is 2.10. The Balaban J connectivity index is 2.20. The summed E-state index contributed by atoms with van der Waals surface area (Å²) in [6.45, 7) is 10.4. The van der Waals surface area contributed by atoms with Gasteiger partial charge in [-0.1, -0.05) is 20.8 Å². The summed E-state index contributed by atoms with van der Waals surface area (Å²) < 4.78 is 0. The molecular formula is C12H26N2. The average molecular weight is 198 g/mol. The van der Waals surface area contributed by atoms with Crippen molar-refractivity contribution in [3.8, 4) is 0 Å². The van der Waals surface area contributed by atoms with E-state index >= 15 is 0 Å². The zero-order valence-corrected chi connectivity index (χ0v) is 10.2. The largest absolute Gasteiger partial charge is 0.315 e. The summed E-state index contributed by atoms with van der Waals surface area (Å²) in [5.74, 6) is 1.96. The molecule has 0 amide bonds. The highest BCUT2D eigenvalue weighted by molar-refractivity contribution is 4.86. The molecule has 1 saturated carbocycles. The summed E-state index contributed by atoms with van der Waals surface area (Å²) in [5, 5.41) is 3.44. The Morgan fingerprint density at radius 2 is 2.07 bits per heavy atom. The average Bonchev–Trinajstić information content (AvgIpc) is 2.83. The normalized spacial score (nSPS) is 28.1. The number of nitrogens with one attached hydrogen (secondary N) is 1. The summed E-state index contributed by atoms with van der Waals surface area (Å²) in [4.78, 5) is 2.54. The predicted molar refractivity (Wildman–Crippen MR) is 62.5 cm³/mol. The van der Waals surface area contributed by atoms with Crippen molar-refractivity contribution in [2.75, 3.05) is 26.7 Å². The van der Waals surface area contributed by atoms with Crippen LogP contribution in [0.1, 0.15) is 33.6 Å². The van der Waals surface area contributed by atoms with Gasteiger partial charge >= 0.3 is 0 Å². The summed E-state index contributed by atoms with van der Waals surface area (Å²) >= 11 is 0. The van der Waals surface area contributed by atoms with Gasteiger partial charge in [-0.05, 0) is 38.3 Å². The topological polar surface area (TPSA) is 15.3 Å². The van der Waals surface area contributed by atoms with E-state index in [1.165, 1.54) is 19.4 Å². The van der Waals surface area contributed by atoms with Crippen molar-refractivity contribution in [1.29, 1.82) is 0 Å². The Morgan fingerprint density at radius 1 is 1.43 bits per heavy atom. The highest BCUT2D eigenvalue weighted by Crippen LogP contribution is 2.38. The van der Waals surface area contributed by atoms with Crippen LogP contribution in [0.15, 0.2) is 0 Å². The van der Waals surface area contributed by atoms with E-state index < -0.39 is 0 Å². The molecule has 3 unspecified atom stereocenters. The Labute approximate surface area is 89.1 Å². The minimum atomic E-state index is 0.725. The van der Waals surface area contributed by atoms with Crippen molar-refractivity contribution in [3.05, 3.63) is 0 Å². The molecule has 2 nitrogen and oxygen atoms in total. The van der Waals surface area contributed by atoms with Gasteiger partial charge in [0, 0.05) is 19.1 Å². The quantitative estimate of drug-likeness (QED) is 0.673. The molecule has 3 atom stereocenters. The van der Waals surface area contributed by atoms with Gasteiger partial charge in [0.15, 0.2) is 0 Å². The minimum absolute atomic E-state index is 0.725. The lowest BCUT2D eigenvalue weighted by atomic mass is 10.2.